The summed E-state index contributed by atoms with van der Waals surface area (Å²) in [6.07, 6.45) is 5.44. The smallest absolute Gasteiger partial charge is 0.347 e. The van der Waals surface area contributed by atoms with Crippen molar-refractivity contribution in [1.82, 2.24) is 9.88 Å². The number of ether oxygens (including phenoxy) is 3. The molecule has 1 N–H and O–H groups in total. The van der Waals surface area contributed by atoms with Crippen molar-refractivity contribution in [2.45, 2.75) is 51.4 Å². The first-order chi connectivity index (χ1) is 19.4. The molecule has 5 rings (SSSR count). The number of esters is 1. The number of hydrogen-bond donors (Lipinski definition) is 1. The number of fused-ring (bicyclic) bond motifs is 2. The minimum absolute atomic E-state index is 0.304. The van der Waals surface area contributed by atoms with Crippen molar-refractivity contribution < 1.29 is 24.1 Å². The number of likely N-dealkylation sites (tertiary alicyclic amines) is 1. The second kappa shape index (κ2) is 12.4. The monoisotopic (exact) mass is 562 g/mol. The van der Waals surface area contributed by atoms with Crippen LogP contribution in [0.3, 0.4) is 0 Å². The van der Waals surface area contributed by atoms with Crippen molar-refractivity contribution in [3.05, 3.63) is 94.3 Å². The van der Waals surface area contributed by atoms with E-state index < -0.39 is 17.7 Å². The molecule has 1 atom stereocenters. The van der Waals surface area contributed by atoms with Crippen LogP contribution in [0.2, 0.25) is 5.02 Å². The van der Waals surface area contributed by atoms with Crippen molar-refractivity contribution in [2.24, 2.45) is 0 Å². The summed E-state index contributed by atoms with van der Waals surface area (Å²) in [7, 11) is 0. The molecule has 0 amide bonds. The molecule has 2 aliphatic rings. The third-order valence-corrected chi connectivity index (χ3v) is 7.83. The van der Waals surface area contributed by atoms with E-state index in [4.69, 9.17) is 25.8 Å². The number of nitrogens with zero attached hydrogens (tertiary/aromatic N) is 2. The number of hydrogen-bond acceptors (Lipinski definition) is 7. The Labute approximate surface area is 240 Å². The summed E-state index contributed by atoms with van der Waals surface area (Å²) in [5.41, 5.74) is 3.92. The molecule has 1 aromatic heterocycles. The number of aromatic nitrogens is 1. The Morgan fingerprint density at radius 2 is 1.95 bits per heavy atom. The molecule has 0 spiro atoms. The van der Waals surface area contributed by atoms with E-state index in [2.05, 4.69) is 22.0 Å². The minimum Gasteiger partial charge on any atom is -0.487 e. The summed E-state index contributed by atoms with van der Waals surface area (Å²) in [6, 6.07) is 17.1. The van der Waals surface area contributed by atoms with Crippen LogP contribution in [-0.4, -0.2) is 53.3 Å². The second-order valence-electron chi connectivity index (χ2n) is 10.2. The van der Waals surface area contributed by atoms with Crippen LogP contribution in [0.5, 0.6) is 11.5 Å². The average Bonchev–Trinajstić information content (AvgIpc) is 3.11. The topological polar surface area (TPSA) is 81.1 Å². The van der Waals surface area contributed by atoms with E-state index >= 15 is 0 Å². The number of carbonyl (C=O) groups is 1. The van der Waals surface area contributed by atoms with Crippen LogP contribution in [0.15, 0.2) is 66.9 Å². The molecular formula is C32H35ClN2O5. The predicted octanol–water partition coefficient (Wildman–Crippen LogP) is 5.76. The maximum atomic E-state index is 12.1. The van der Waals surface area contributed by atoms with E-state index in [1.54, 1.807) is 20.0 Å². The van der Waals surface area contributed by atoms with Gasteiger partial charge in [0.05, 0.1) is 17.9 Å². The van der Waals surface area contributed by atoms with Gasteiger partial charge in [0.1, 0.15) is 18.1 Å². The van der Waals surface area contributed by atoms with Crippen LogP contribution in [-0.2, 0) is 21.7 Å². The van der Waals surface area contributed by atoms with E-state index in [-0.39, 0.29) is 0 Å². The largest absolute Gasteiger partial charge is 0.487 e. The molecule has 40 heavy (non-hydrogen) atoms. The zero-order valence-corrected chi connectivity index (χ0v) is 23.7. The van der Waals surface area contributed by atoms with Gasteiger partial charge in [-0.05, 0) is 80.6 Å². The molecule has 210 valence electrons. The molecule has 0 bridgehead atoms. The number of carbonyl (C=O) groups excluding carboxylic acids is 1. The fraction of sp³-hybridized carbons (Fsp3) is 0.375. The zero-order valence-electron chi connectivity index (χ0n) is 22.9. The first kappa shape index (κ1) is 28.1. The quantitative estimate of drug-likeness (QED) is 0.349. The average molecular weight is 563 g/mol. The lowest BCUT2D eigenvalue weighted by molar-refractivity contribution is -0.150. The Bertz CT molecular complexity index is 1370. The van der Waals surface area contributed by atoms with Crippen LogP contribution in [0, 0.1) is 0 Å². The van der Waals surface area contributed by atoms with Gasteiger partial charge in [0.15, 0.2) is 6.10 Å². The van der Waals surface area contributed by atoms with Gasteiger partial charge >= 0.3 is 5.97 Å². The fourth-order valence-electron chi connectivity index (χ4n) is 5.33. The highest BCUT2D eigenvalue weighted by atomic mass is 35.5. The molecule has 2 aromatic carbocycles. The van der Waals surface area contributed by atoms with Gasteiger partial charge in [0.25, 0.3) is 0 Å². The summed E-state index contributed by atoms with van der Waals surface area (Å²) >= 11 is 6.04. The van der Waals surface area contributed by atoms with E-state index in [1.807, 2.05) is 48.5 Å². The summed E-state index contributed by atoms with van der Waals surface area (Å²) < 4.78 is 17.1. The molecule has 2 aliphatic heterocycles. The molecule has 0 radical (unpaired) electrons. The highest BCUT2D eigenvalue weighted by Crippen LogP contribution is 2.39. The Morgan fingerprint density at radius 3 is 2.70 bits per heavy atom. The Hall–Kier alpha value is -3.39. The number of benzene rings is 2. The zero-order chi connectivity index (χ0) is 28.1. The van der Waals surface area contributed by atoms with Gasteiger partial charge in [-0.25, -0.2) is 4.79 Å². The van der Waals surface area contributed by atoms with Crippen molar-refractivity contribution in [1.29, 1.82) is 0 Å². The SMILES string of the molecule is CCOC(=O)C(C)Oc1ccc2c(c1)C(=CCCN1CCC(O)(c3ccc(Cl)cc3)CC1)c1cccnc1CO2. The van der Waals surface area contributed by atoms with Gasteiger partial charge in [-0.15, -0.1) is 0 Å². The van der Waals surface area contributed by atoms with Gasteiger partial charge in [-0.3, -0.25) is 4.98 Å². The molecular weight excluding hydrogens is 528 g/mol. The van der Waals surface area contributed by atoms with Gasteiger partial charge in [0, 0.05) is 42.0 Å². The lowest BCUT2D eigenvalue weighted by atomic mass is 9.84. The van der Waals surface area contributed by atoms with E-state index in [9.17, 15) is 9.90 Å². The summed E-state index contributed by atoms with van der Waals surface area (Å²) in [6.45, 7) is 6.61. The normalized spacial score (nSPS) is 18.1. The Balaban J connectivity index is 1.32. The molecule has 1 saturated heterocycles. The van der Waals surface area contributed by atoms with Crippen LogP contribution >= 0.6 is 11.6 Å². The number of rotatable bonds is 8. The summed E-state index contributed by atoms with van der Waals surface area (Å²) in [5.74, 6) is 0.911. The van der Waals surface area contributed by atoms with Gasteiger partial charge < -0.3 is 24.2 Å². The molecule has 0 aliphatic carbocycles. The van der Waals surface area contributed by atoms with Crippen LogP contribution in [0.4, 0.5) is 0 Å². The number of halogens is 1. The first-order valence-corrected chi connectivity index (χ1v) is 14.2. The van der Waals surface area contributed by atoms with Crippen molar-refractivity contribution in [2.75, 3.05) is 26.2 Å². The molecule has 0 saturated carbocycles. The fourth-order valence-corrected chi connectivity index (χ4v) is 5.45. The van der Waals surface area contributed by atoms with Crippen molar-refractivity contribution >= 4 is 23.1 Å². The first-order valence-electron chi connectivity index (χ1n) is 13.8. The molecule has 8 heteroatoms. The second-order valence-corrected chi connectivity index (χ2v) is 10.7. The van der Waals surface area contributed by atoms with Gasteiger partial charge in [0.2, 0.25) is 0 Å². The van der Waals surface area contributed by atoms with E-state index in [0.717, 1.165) is 59.8 Å². The van der Waals surface area contributed by atoms with Crippen LogP contribution in [0.1, 0.15) is 55.5 Å². The third kappa shape index (κ3) is 6.33. The molecule has 1 fully saturated rings. The standard InChI is InChI=1S/C32H35ClN2O5/c1-3-38-31(36)22(2)40-25-12-13-30-28(20-25)26(27-6-4-16-34-29(27)21-39-30)7-5-17-35-18-14-32(37,15-19-35)23-8-10-24(33)11-9-23/h4,6-13,16,20,22,37H,3,5,14-15,17-19,21H2,1-2H3. The molecule has 3 heterocycles. The number of pyridine rings is 1. The molecule has 1 unspecified atom stereocenters. The Morgan fingerprint density at radius 1 is 1.18 bits per heavy atom. The number of piperidine rings is 1. The Kier molecular flexibility index (Phi) is 8.74. The van der Waals surface area contributed by atoms with E-state index in [1.165, 1.54) is 0 Å². The van der Waals surface area contributed by atoms with Gasteiger partial charge in [-0.1, -0.05) is 35.9 Å². The van der Waals surface area contributed by atoms with Crippen LogP contribution in [0.25, 0.3) is 5.57 Å². The molecule has 7 nitrogen and oxygen atoms in total. The number of aliphatic hydroxyl groups is 1. The van der Waals surface area contributed by atoms with Crippen LogP contribution < -0.4 is 9.47 Å². The third-order valence-electron chi connectivity index (χ3n) is 7.58. The van der Waals surface area contributed by atoms with Crippen molar-refractivity contribution in [3.63, 3.8) is 0 Å². The predicted molar refractivity (Wildman–Crippen MR) is 154 cm³/mol. The molecule has 3 aromatic rings. The van der Waals surface area contributed by atoms with Gasteiger partial charge in [-0.2, -0.15) is 0 Å². The van der Waals surface area contributed by atoms with E-state index in [0.29, 0.717) is 36.8 Å². The van der Waals surface area contributed by atoms with Crippen molar-refractivity contribution in [3.8, 4) is 11.5 Å². The lowest BCUT2D eigenvalue weighted by Gasteiger charge is -2.38. The maximum Gasteiger partial charge on any atom is 0.347 e. The maximum absolute atomic E-state index is 12.1. The minimum atomic E-state index is -0.821. The lowest BCUT2D eigenvalue weighted by Crippen LogP contribution is -2.42. The highest BCUT2D eigenvalue weighted by Gasteiger charge is 2.33. The summed E-state index contributed by atoms with van der Waals surface area (Å²) in [5, 5.41) is 11.9. The summed E-state index contributed by atoms with van der Waals surface area (Å²) in [4.78, 5) is 19.1. The highest BCUT2D eigenvalue weighted by molar-refractivity contribution is 6.30.